The molecule has 1 N–H and O–H groups in total. The van der Waals surface area contributed by atoms with Gasteiger partial charge in [-0.25, -0.2) is 13.2 Å². The molecule has 0 radical (unpaired) electrons. The molecular formula is C13H16F5NO. The van der Waals surface area contributed by atoms with Crippen molar-refractivity contribution in [2.45, 2.75) is 25.3 Å². The summed E-state index contributed by atoms with van der Waals surface area (Å²) in [4.78, 5) is 0. The van der Waals surface area contributed by atoms with Crippen molar-refractivity contribution >= 4 is 0 Å². The number of likely N-dealkylation sites (N-methyl/N-ethyl adjacent to an activating group) is 1. The molecule has 0 aliphatic carbocycles. The van der Waals surface area contributed by atoms with Gasteiger partial charge in [-0.3, -0.25) is 0 Å². The molecule has 0 amide bonds. The van der Waals surface area contributed by atoms with Gasteiger partial charge in [0.25, 0.3) is 0 Å². The van der Waals surface area contributed by atoms with Gasteiger partial charge in [-0.05, 0) is 37.2 Å². The minimum atomic E-state index is -4.17. The molecule has 0 saturated carbocycles. The molecule has 1 aromatic rings. The normalized spacial score (nSPS) is 13.8. The number of rotatable bonds is 7. The van der Waals surface area contributed by atoms with Crippen LogP contribution in [-0.2, 0) is 4.74 Å². The fourth-order valence-electron chi connectivity index (χ4n) is 1.73. The van der Waals surface area contributed by atoms with Gasteiger partial charge >= 0.3 is 12.3 Å². The summed E-state index contributed by atoms with van der Waals surface area (Å²) in [5, 5.41) is 2.81. The lowest BCUT2D eigenvalue weighted by Gasteiger charge is -2.21. The van der Waals surface area contributed by atoms with Gasteiger partial charge in [0.1, 0.15) is 12.4 Å². The summed E-state index contributed by atoms with van der Waals surface area (Å²) in [6.07, 6.45) is -3.76. The number of hydrogen-bond acceptors (Lipinski definition) is 2. The van der Waals surface area contributed by atoms with Crippen LogP contribution in [0.3, 0.4) is 0 Å². The summed E-state index contributed by atoms with van der Waals surface area (Å²) >= 11 is 0. The van der Waals surface area contributed by atoms with Crippen molar-refractivity contribution in [3.63, 3.8) is 0 Å². The molecule has 20 heavy (non-hydrogen) atoms. The summed E-state index contributed by atoms with van der Waals surface area (Å²) in [7, 11) is 1.57. The number of nitrogens with one attached hydrogen (secondary N) is 1. The van der Waals surface area contributed by atoms with E-state index in [1.54, 1.807) is 14.0 Å². The van der Waals surface area contributed by atoms with Crippen LogP contribution in [0.2, 0.25) is 0 Å². The van der Waals surface area contributed by atoms with E-state index in [9.17, 15) is 22.0 Å². The van der Waals surface area contributed by atoms with E-state index in [1.807, 2.05) is 0 Å². The zero-order chi connectivity index (χ0) is 15.3. The molecule has 0 fully saturated rings. The second-order valence-electron chi connectivity index (χ2n) is 4.42. The van der Waals surface area contributed by atoms with Crippen molar-refractivity contribution in [1.29, 1.82) is 0 Å². The first-order valence-electron chi connectivity index (χ1n) is 5.95. The van der Waals surface area contributed by atoms with E-state index in [4.69, 9.17) is 0 Å². The van der Waals surface area contributed by atoms with Crippen molar-refractivity contribution in [3.8, 4) is 0 Å². The number of alkyl halides is 4. The Balaban J connectivity index is 2.64. The van der Waals surface area contributed by atoms with Crippen molar-refractivity contribution < 1.29 is 26.7 Å². The third-order valence-electron chi connectivity index (χ3n) is 2.85. The molecule has 0 aliphatic rings. The molecule has 0 aromatic heterocycles. The van der Waals surface area contributed by atoms with Crippen LogP contribution < -0.4 is 5.32 Å². The van der Waals surface area contributed by atoms with E-state index >= 15 is 0 Å². The van der Waals surface area contributed by atoms with E-state index in [-0.39, 0.29) is 6.61 Å². The number of benzene rings is 1. The SMILES string of the molecule is CNC(COCC(F)(F)C(F)F)c1ccc(F)cc1C. The molecule has 0 bridgehead atoms. The molecule has 2 nitrogen and oxygen atoms in total. The lowest BCUT2D eigenvalue weighted by Crippen LogP contribution is -2.34. The van der Waals surface area contributed by atoms with Crippen LogP contribution in [0.5, 0.6) is 0 Å². The maximum atomic E-state index is 13.0. The number of hydrogen-bond donors (Lipinski definition) is 1. The minimum Gasteiger partial charge on any atom is -0.373 e. The highest BCUT2D eigenvalue weighted by Crippen LogP contribution is 2.24. The fourth-order valence-corrected chi connectivity index (χ4v) is 1.73. The van der Waals surface area contributed by atoms with Gasteiger partial charge in [0.05, 0.1) is 12.6 Å². The van der Waals surface area contributed by atoms with Crippen LogP contribution in [0.15, 0.2) is 18.2 Å². The zero-order valence-corrected chi connectivity index (χ0v) is 11.1. The van der Waals surface area contributed by atoms with Crippen molar-refractivity contribution in [2.24, 2.45) is 0 Å². The average Bonchev–Trinajstić information content (AvgIpc) is 2.35. The highest BCUT2D eigenvalue weighted by Gasteiger charge is 2.41. The number of ether oxygens (including phenoxy) is 1. The topological polar surface area (TPSA) is 21.3 Å². The Hall–Kier alpha value is -1.21. The van der Waals surface area contributed by atoms with Gasteiger partial charge in [0, 0.05) is 0 Å². The van der Waals surface area contributed by atoms with E-state index in [1.165, 1.54) is 18.2 Å². The molecular weight excluding hydrogens is 281 g/mol. The molecule has 1 aromatic carbocycles. The Kier molecular flexibility index (Phi) is 5.88. The standard InChI is InChI=1S/C13H16F5NO/c1-8-5-9(14)3-4-10(8)11(19-2)6-20-7-13(17,18)12(15)16/h3-5,11-12,19H,6-7H2,1-2H3. The van der Waals surface area contributed by atoms with Crippen LogP contribution >= 0.6 is 0 Å². The van der Waals surface area contributed by atoms with Gasteiger partial charge < -0.3 is 10.1 Å². The smallest absolute Gasteiger partial charge is 0.330 e. The maximum Gasteiger partial charge on any atom is 0.330 e. The van der Waals surface area contributed by atoms with Crippen LogP contribution in [0, 0.1) is 12.7 Å². The molecule has 0 heterocycles. The highest BCUT2D eigenvalue weighted by molar-refractivity contribution is 5.29. The lowest BCUT2D eigenvalue weighted by molar-refractivity contribution is -0.167. The van der Waals surface area contributed by atoms with E-state index in [0.717, 1.165) is 0 Å². The Labute approximate surface area is 113 Å². The van der Waals surface area contributed by atoms with Crippen molar-refractivity contribution in [1.82, 2.24) is 5.32 Å². The molecule has 114 valence electrons. The van der Waals surface area contributed by atoms with Gasteiger partial charge in [-0.2, -0.15) is 8.78 Å². The van der Waals surface area contributed by atoms with Crippen LogP contribution in [0.1, 0.15) is 17.2 Å². The largest absolute Gasteiger partial charge is 0.373 e. The summed E-state index contributed by atoms with van der Waals surface area (Å²) in [5.74, 6) is -4.58. The lowest BCUT2D eigenvalue weighted by atomic mass is 10.0. The Morgan fingerprint density at radius 1 is 1.30 bits per heavy atom. The van der Waals surface area contributed by atoms with E-state index < -0.39 is 30.8 Å². The molecule has 1 atom stereocenters. The highest BCUT2D eigenvalue weighted by atomic mass is 19.3. The predicted molar refractivity (Wildman–Crippen MR) is 64.7 cm³/mol. The zero-order valence-electron chi connectivity index (χ0n) is 11.1. The number of aryl methyl sites for hydroxylation is 1. The first-order valence-corrected chi connectivity index (χ1v) is 5.95. The van der Waals surface area contributed by atoms with E-state index in [2.05, 4.69) is 10.1 Å². The van der Waals surface area contributed by atoms with E-state index in [0.29, 0.717) is 11.1 Å². The van der Waals surface area contributed by atoms with Crippen LogP contribution in [-0.4, -0.2) is 32.6 Å². The minimum absolute atomic E-state index is 0.217. The quantitative estimate of drug-likeness (QED) is 0.780. The summed E-state index contributed by atoms with van der Waals surface area (Å²) in [5.41, 5.74) is 1.28. The fraction of sp³-hybridized carbons (Fsp3) is 0.538. The maximum absolute atomic E-state index is 13.0. The molecule has 0 spiro atoms. The van der Waals surface area contributed by atoms with Gasteiger partial charge in [0.2, 0.25) is 0 Å². The molecule has 1 unspecified atom stereocenters. The second-order valence-corrected chi connectivity index (χ2v) is 4.42. The summed E-state index contributed by atoms with van der Waals surface area (Å²) < 4.78 is 67.0. The summed E-state index contributed by atoms with van der Waals surface area (Å²) in [6.45, 7) is 0.0882. The Morgan fingerprint density at radius 3 is 2.45 bits per heavy atom. The first kappa shape index (κ1) is 16.8. The third kappa shape index (κ3) is 4.42. The molecule has 7 heteroatoms. The van der Waals surface area contributed by atoms with Crippen molar-refractivity contribution in [2.75, 3.05) is 20.3 Å². The third-order valence-corrected chi connectivity index (χ3v) is 2.85. The van der Waals surface area contributed by atoms with Gasteiger partial charge in [-0.15, -0.1) is 0 Å². The van der Waals surface area contributed by atoms with Crippen molar-refractivity contribution in [3.05, 3.63) is 35.1 Å². The molecule has 0 aliphatic heterocycles. The Morgan fingerprint density at radius 2 is 1.95 bits per heavy atom. The monoisotopic (exact) mass is 297 g/mol. The first-order chi connectivity index (χ1) is 9.27. The van der Waals surface area contributed by atoms with Gasteiger partial charge in [-0.1, -0.05) is 6.07 Å². The van der Waals surface area contributed by atoms with Crippen LogP contribution in [0.25, 0.3) is 0 Å². The molecule has 0 saturated heterocycles. The number of halogens is 5. The molecule has 1 rings (SSSR count). The van der Waals surface area contributed by atoms with Gasteiger partial charge in [0.15, 0.2) is 0 Å². The Bertz CT molecular complexity index is 439. The average molecular weight is 297 g/mol. The predicted octanol–water partition coefficient (Wildman–Crippen LogP) is 3.31. The second kappa shape index (κ2) is 6.99. The summed E-state index contributed by atoms with van der Waals surface area (Å²) in [6, 6.07) is 3.55. The van der Waals surface area contributed by atoms with Crippen LogP contribution in [0.4, 0.5) is 22.0 Å².